The molecule has 3 heteroatoms. The molecule has 1 nitrogen and oxygen atoms in total. The Labute approximate surface area is 99.2 Å². The molecule has 1 aromatic heterocycles. The number of benzene rings is 1. The first kappa shape index (κ1) is 10.5. The van der Waals surface area contributed by atoms with Gasteiger partial charge in [-0.1, -0.05) is 29.8 Å². The summed E-state index contributed by atoms with van der Waals surface area (Å²) in [6.07, 6.45) is 4.05. The molecule has 2 rings (SSSR count). The molecule has 0 bridgehead atoms. The summed E-state index contributed by atoms with van der Waals surface area (Å²) in [4.78, 5) is 4.22. The van der Waals surface area contributed by atoms with Crippen molar-refractivity contribution in [3.8, 4) is 0 Å². The van der Waals surface area contributed by atoms with Gasteiger partial charge in [0.2, 0.25) is 0 Å². The van der Waals surface area contributed by atoms with E-state index in [1.165, 1.54) is 0 Å². The third-order valence-electron chi connectivity index (χ3n) is 2.09. The molecule has 76 valence electrons. The van der Waals surface area contributed by atoms with Crippen molar-refractivity contribution >= 4 is 41.2 Å². The number of aromatic nitrogens is 1. The summed E-state index contributed by atoms with van der Waals surface area (Å²) in [6.45, 7) is 0. The second-order valence-electron chi connectivity index (χ2n) is 3.17. The Morgan fingerprint density at radius 2 is 2.13 bits per heavy atom. The fraction of sp³-hybridized carbons (Fsp3) is 0.0833. The molecule has 0 aliphatic carbocycles. The van der Waals surface area contributed by atoms with Crippen LogP contribution in [0.15, 0.2) is 36.4 Å². The van der Waals surface area contributed by atoms with Gasteiger partial charge in [0.05, 0.1) is 5.52 Å². The number of thiol groups is 1. The molecular formula is C12H10ClNS. The van der Waals surface area contributed by atoms with E-state index in [9.17, 15) is 0 Å². The maximum Gasteiger partial charge on any atom is 0.129 e. The second kappa shape index (κ2) is 4.69. The topological polar surface area (TPSA) is 12.9 Å². The van der Waals surface area contributed by atoms with Gasteiger partial charge in [-0.3, -0.25) is 0 Å². The Balaban J connectivity index is 2.47. The van der Waals surface area contributed by atoms with Crippen LogP contribution in [0, 0.1) is 0 Å². The van der Waals surface area contributed by atoms with Crippen LogP contribution in [0.4, 0.5) is 0 Å². The minimum atomic E-state index is 0.529. The maximum absolute atomic E-state index is 5.81. The molecule has 0 fully saturated rings. The molecule has 0 amide bonds. The van der Waals surface area contributed by atoms with Crippen molar-refractivity contribution < 1.29 is 0 Å². The van der Waals surface area contributed by atoms with Crippen LogP contribution in [0.25, 0.3) is 17.0 Å². The third kappa shape index (κ3) is 2.52. The van der Waals surface area contributed by atoms with Crippen LogP contribution in [0.2, 0.25) is 5.15 Å². The smallest absolute Gasteiger partial charge is 0.129 e. The molecule has 0 radical (unpaired) electrons. The molecule has 0 saturated heterocycles. The van der Waals surface area contributed by atoms with E-state index in [1.54, 1.807) is 6.07 Å². The van der Waals surface area contributed by atoms with Gasteiger partial charge in [0, 0.05) is 11.1 Å². The summed E-state index contributed by atoms with van der Waals surface area (Å²) >= 11 is 9.93. The van der Waals surface area contributed by atoms with Crippen molar-refractivity contribution in [3.05, 3.63) is 47.1 Å². The molecule has 1 aromatic carbocycles. The van der Waals surface area contributed by atoms with Crippen molar-refractivity contribution in [1.82, 2.24) is 4.98 Å². The number of pyridine rings is 1. The summed E-state index contributed by atoms with van der Waals surface area (Å²) in [5.74, 6) is 0.747. The zero-order valence-corrected chi connectivity index (χ0v) is 9.67. The molecule has 15 heavy (non-hydrogen) atoms. The van der Waals surface area contributed by atoms with Gasteiger partial charge in [-0.05, 0) is 29.8 Å². The van der Waals surface area contributed by atoms with Gasteiger partial charge in [-0.25, -0.2) is 4.98 Å². The molecule has 0 saturated carbocycles. The van der Waals surface area contributed by atoms with Crippen molar-refractivity contribution in [1.29, 1.82) is 0 Å². The van der Waals surface area contributed by atoms with Gasteiger partial charge < -0.3 is 0 Å². The highest BCUT2D eigenvalue weighted by Gasteiger charge is 1.96. The summed E-state index contributed by atoms with van der Waals surface area (Å²) in [6, 6.07) is 9.85. The summed E-state index contributed by atoms with van der Waals surface area (Å²) in [5, 5.41) is 1.63. The number of hydrogen-bond acceptors (Lipinski definition) is 2. The average Bonchev–Trinajstić information content (AvgIpc) is 2.26. The fourth-order valence-electron chi connectivity index (χ4n) is 1.41. The van der Waals surface area contributed by atoms with E-state index in [-0.39, 0.29) is 0 Å². The van der Waals surface area contributed by atoms with Gasteiger partial charge in [0.1, 0.15) is 5.15 Å². The van der Waals surface area contributed by atoms with E-state index in [0.29, 0.717) is 5.15 Å². The Hall–Kier alpha value is -0.990. The lowest BCUT2D eigenvalue weighted by Crippen LogP contribution is -1.80. The maximum atomic E-state index is 5.81. The monoisotopic (exact) mass is 235 g/mol. The van der Waals surface area contributed by atoms with Crippen LogP contribution in [0.1, 0.15) is 5.56 Å². The largest absolute Gasteiger partial charge is 0.236 e. The van der Waals surface area contributed by atoms with Crippen molar-refractivity contribution in [2.75, 3.05) is 5.75 Å². The van der Waals surface area contributed by atoms with Gasteiger partial charge in [0.15, 0.2) is 0 Å². The van der Waals surface area contributed by atoms with E-state index in [1.807, 2.05) is 30.4 Å². The number of hydrogen-bond donors (Lipinski definition) is 1. The first-order valence-corrected chi connectivity index (χ1v) is 5.64. The highest BCUT2D eigenvalue weighted by molar-refractivity contribution is 7.80. The SMILES string of the molecule is SCC=Cc1ccc2nc(Cl)ccc2c1. The molecule has 0 spiro atoms. The standard InChI is InChI=1S/C12H10ClNS/c13-12-6-4-10-8-9(2-1-7-15)3-5-11(10)14-12/h1-6,8,15H,7H2. The molecule has 1 heterocycles. The molecule has 0 aliphatic heterocycles. The number of rotatable bonds is 2. The number of fused-ring (bicyclic) bond motifs is 1. The lowest BCUT2D eigenvalue weighted by molar-refractivity contribution is 1.41. The quantitative estimate of drug-likeness (QED) is 0.617. The third-order valence-corrected chi connectivity index (χ3v) is 2.52. The molecule has 2 aromatic rings. The molecule has 0 atom stereocenters. The van der Waals surface area contributed by atoms with Gasteiger partial charge in [-0.2, -0.15) is 12.6 Å². The van der Waals surface area contributed by atoms with Crippen molar-refractivity contribution in [3.63, 3.8) is 0 Å². The number of nitrogens with zero attached hydrogens (tertiary/aromatic N) is 1. The minimum Gasteiger partial charge on any atom is -0.236 e. The molecule has 0 unspecified atom stereocenters. The second-order valence-corrected chi connectivity index (χ2v) is 3.92. The van der Waals surface area contributed by atoms with Crippen LogP contribution in [-0.2, 0) is 0 Å². The lowest BCUT2D eigenvalue weighted by Gasteiger charge is -1.99. The van der Waals surface area contributed by atoms with Crippen LogP contribution in [0.5, 0.6) is 0 Å². The Morgan fingerprint density at radius 1 is 1.27 bits per heavy atom. The fourth-order valence-corrected chi connectivity index (χ4v) is 1.67. The minimum absolute atomic E-state index is 0.529. The van der Waals surface area contributed by atoms with Crippen molar-refractivity contribution in [2.45, 2.75) is 0 Å². The first-order valence-electron chi connectivity index (χ1n) is 4.63. The highest BCUT2D eigenvalue weighted by atomic mass is 35.5. The van der Waals surface area contributed by atoms with Crippen molar-refractivity contribution in [2.24, 2.45) is 0 Å². The molecule has 0 aliphatic rings. The van der Waals surface area contributed by atoms with Crippen LogP contribution in [0.3, 0.4) is 0 Å². The van der Waals surface area contributed by atoms with E-state index in [4.69, 9.17) is 11.6 Å². The van der Waals surface area contributed by atoms with Gasteiger partial charge >= 0.3 is 0 Å². The zero-order valence-electron chi connectivity index (χ0n) is 8.02. The Kier molecular flexibility index (Phi) is 3.29. The predicted molar refractivity (Wildman–Crippen MR) is 69.6 cm³/mol. The Bertz CT molecular complexity index is 508. The average molecular weight is 236 g/mol. The predicted octanol–water partition coefficient (Wildman–Crippen LogP) is 3.83. The Morgan fingerprint density at radius 3 is 2.93 bits per heavy atom. The van der Waals surface area contributed by atoms with Crippen LogP contribution >= 0.6 is 24.2 Å². The van der Waals surface area contributed by atoms with E-state index in [2.05, 4.69) is 23.7 Å². The van der Waals surface area contributed by atoms with E-state index >= 15 is 0 Å². The highest BCUT2D eigenvalue weighted by Crippen LogP contribution is 2.17. The van der Waals surface area contributed by atoms with Crippen LogP contribution < -0.4 is 0 Å². The lowest BCUT2D eigenvalue weighted by atomic mass is 10.1. The van der Waals surface area contributed by atoms with Gasteiger partial charge in [-0.15, -0.1) is 0 Å². The normalized spacial score (nSPS) is 11.3. The van der Waals surface area contributed by atoms with E-state index in [0.717, 1.165) is 22.2 Å². The van der Waals surface area contributed by atoms with Gasteiger partial charge in [0.25, 0.3) is 0 Å². The zero-order chi connectivity index (χ0) is 10.7. The van der Waals surface area contributed by atoms with Crippen LogP contribution in [-0.4, -0.2) is 10.7 Å². The number of halogens is 1. The summed E-state index contributed by atoms with van der Waals surface area (Å²) in [5.41, 5.74) is 2.08. The summed E-state index contributed by atoms with van der Waals surface area (Å²) < 4.78 is 0. The van der Waals surface area contributed by atoms with E-state index < -0.39 is 0 Å². The first-order chi connectivity index (χ1) is 7.29. The molecule has 0 N–H and O–H groups in total. The summed E-state index contributed by atoms with van der Waals surface area (Å²) in [7, 11) is 0. The molecular weight excluding hydrogens is 226 g/mol.